The predicted octanol–water partition coefficient (Wildman–Crippen LogP) is 4.77. The molecule has 2 atom stereocenters. The van der Waals surface area contributed by atoms with Gasteiger partial charge in [-0.05, 0) is 50.6 Å². The molecule has 3 aliphatic rings. The second-order valence-electron chi connectivity index (χ2n) is 11.4. The number of aromatic nitrogens is 4. The molecule has 44 heavy (non-hydrogen) atoms. The number of rotatable bonds is 8. The van der Waals surface area contributed by atoms with E-state index in [4.69, 9.17) is 15.1 Å². The standard InChI is InChI=1S/C30H31F2N9OS2/c1-4-21-28(38(3)29-35-26(23(13-33)43-29)17-7-9-18(31)10-8-17)41-30(34-21)44-27(36-41)20-12-24(40-11-5-6-22(20)40)37(2)16-25(42)39-14-19(32)15-39/h6-10,19-20,24H,4-5,11-12,14-16H2,1-3H3/t20-,24?/m1/s1. The zero-order valence-electron chi connectivity index (χ0n) is 24.6. The Hall–Kier alpha value is -3.93. The van der Waals surface area contributed by atoms with E-state index < -0.39 is 6.17 Å². The van der Waals surface area contributed by atoms with E-state index in [1.165, 1.54) is 29.2 Å². The van der Waals surface area contributed by atoms with Gasteiger partial charge >= 0.3 is 0 Å². The number of fused-ring (bicyclic) bond motifs is 2. The lowest BCUT2D eigenvalue weighted by Gasteiger charge is -2.37. The van der Waals surface area contributed by atoms with E-state index in [2.05, 4.69) is 21.9 Å². The number of carbonyl (C=O) groups excluding carboxylic acids is 1. The minimum Gasteiger partial charge on any atom is -0.358 e. The molecule has 3 aliphatic heterocycles. The summed E-state index contributed by atoms with van der Waals surface area (Å²) in [6.07, 6.45) is 3.84. The molecule has 0 aliphatic carbocycles. The second kappa shape index (κ2) is 11.2. The predicted molar refractivity (Wildman–Crippen MR) is 165 cm³/mol. The Bertz CT molecular complexity index is 1800. The number of carbonyl (C=O) groups is 1. The van der Waals surface area contributed by atoms with Crippen molar-refractivity contribution in [3.8, 4) is 17.3 Å². The highest BCUT2D eigenvalue weighted by molar-refractivity contribution is 7.17. The zero-order chi connectivity index (χ0) is 30.7. The highest BCUT2D eigenvalue weighted by Crippen LogP contribution is 2.46. The minimum absolute atomic E-state index is 0.0357. The summed E-state index contributed by atoms with van der Waals surface area (Å²) in [5.74, 6) is 0.487. The topological polar surface area (TPSA) is 96.9 Å². The van der Waals surface area contributed by atoms with Gasteiger partial charge < -0.3 is 14.7 Å². The molecule has 6 heterocycles. The van der Waals surface area contributed by atoms with Crippen molar-refractivity contribution in [1.82, 2.24) is 34.3 Å². The maximum Gasteiger partial charge on any atom is 0.237 e. The Balaban J connectivity index is 1.17. The summed E-state index contributed by atoms with van der Waals surface area (Å²) in [7, 11) is 3.87. The van der Waals surface area contributed by atoms with Crippen molar-refractivity contribution < 1.29 is 13.6 Å². The van der Waals surface area contributed by atoms with Crippen LogP contribution in [0, 0.1) is 17.1 Å². The molecule has 0 radical (unpaired) electrons. The number of likely N-dealkylation sites (tertiary alicyclic amines) is 1. The second-order valence-corrected chi connectivity index (χ2v) is 13.4. The number of alkyl halides is 1. The largest absolute Gasteiger partial charge is 0.358 e. The summed E-state index contributed by atoms with van der Waals surface area (Å²) < 4.78 is 28.7. The number of anilines is 2. The number of nitrogens with zero attached hydrogens (tertiary/aromatic N) is 9. The number of halogens is 2. The summed E-state index contributed by atoms with van der Waals surface area (Å²) in [6.45, 7) is 3.57. The molecule has 1 unspecified atom stereocenters. The molecule has 0 bridgehead atoms. The molecule has 4 aromatic rings. The van der Waals surface area contributed by atoms with Crippen molar-refractivity contribution in [2.24, 2.45) is 0 Å². The Labute approximate surface area is 261 Å². The van der Waals surface area contributed by atoms with Crippen molar-refractivity contribution >= 4 is 44.5 Å². The molecule has 10 nitrogen and oxygen atoms in total. The number of allylic oxidation sites excluding steroid dienone is 1. The van der Waals surface area contributed by atoms with Gasteiger partial charge in [0, 0.05) is 24.9 Å². The van der Waals surface area contributed by atoms with Crippen LogP contribution in [-0.4, -0.2) is 92.8 Å². The maximum absolute atomic E-state index is 13.5. The molecule has 0 saturated carbocycles. The van der Waals surface area contributed by atoms with Gasteiger partial charge in [-0.15, -0.1) is 0 Å². The number of imidazole rings is 1. The number of likely N-dealkylation sites (N-methyl/N-ethyl adjacent to an activating group) is 1. The van der Waals surface area contributed by atoms with Crippen molar-refractivity contribution in [2.75, 3.05) is 45.2 Å². The van der Waals surface area contributed by atoms with Crippen molar-refractivity contribution in [2.45, 2.75) is 44.4 Å². The summed E-state index contributed by atoms with van der Waals surface area (Å²) in [4.78, 5) is 31.6. The van der Waals surface area contributed by atoms with Gasteiger partial charge in [-0.1, -0.05) is 35.7 Å². The monoisotopic (exact) mass is 635 g/mol. The SMILES string of the molecule is CCc1nc2sc([C@@H]3CC(N(C)CC(=O)N4CC(F)C4)N4CCC=C34)nn2c1N(C)c1nc(-c2ccc(F)cc2)c(C#N)s1. The van der Waals surface area contributed by atoms with E-state index in [0.717, 1.165) is 40.9 Å². The lowest BCUT2D eigenvalue weighted by Crippen LogP contribution is -2.55. The van der Waals surface area contributed by atoms with E-state index in [1.54, 1.807) is 28.4 Å². The van der Waals surface area contributed by atoms with E-state index >= 15 is 0 Å². The van der Waals surface area contributed by atoms with Crippen LogP contribution in [0.2, 0.25) is 0 Å². The van der Waals surface area contributed by atoms with Crippen LogP contribution < -0.4 is 4.90 Å². The third-order valence-electron chi connectivity index (χ3n) is 8.64. The minimum atomic E-state index is -0.907. The van der Waals surface area contributed by atoms with Crippen LogP contribution in [0.15, 0.2) is 36.0 Å². The third-order valence-corrected chi connectivity index (χ3v) is 10.7. The average molecular weight is 636 g/mol. The first-order valence-electron chi connectivity index (χ1n) is 14.6. The van der Waals surface area contributed by atoms with Crippen LogP contribution in [-0.2, 0) is 11.2 Å². The highest BCUT2D eigenvalue weighted by atomic mass is 32.1. The molecule has 1 amide bonds. The Morgan fingerprint density at radius 2 is 1.95 bits per heavy atom. The van der Waals surface area contributed by atoms with Gasteiger partial charge in [0.1, 0.15) is 33.6 Å². The summed E-state index contributed by atoms with van der Waals surface area (Å²) >= 11 is 2.84. The number of aryl methyl sites for hydroxylation is 1. The molecular formula is C30H31F2N9OS2. The average Bonchev–Trinajstić information content (AvgIpc) is 3.80. The molecule has 1 aromatic carbocycles. The fraction of sp³-hybridized carbons (Fsp3) is 0.433. The first-order valence-corrected chi connectivity index (χ1v) is 16.3. The number of benzene rings is 1. The van der Waals surface area contributed by atoms with Gasteiger partial charge in [0.15, 0.2) is 10.9 Å². The van der Waals surface area contributed by atoms with Crippen molar-refractivity contribution in [3.05, 3.63) is 57.4 Å². The Kier molecular flexibility index (Phi) is 7.34. The number of hydrogen-bond donors (Lipinski definition) is 0. The quantitative estimate of drug-likeness (QED) is 0.273. The Morgan fingerprint density at radius 3 is 2.66 bits per heavy atom. The molecule has 2 fully saturated rings. The van der Waals surface area contributed by atoms with Crippen LogP contribution in [0.25, 0.3) is 16.2 Å². The van der Waals surface area contributed by atoms with Crippen molar-refractivity contribution in [1.29, 1.82) is 5.26 Å². The fourth-order valence-electron chi connectivity index (χ4n) is 6.34. The van der Waals surface area contributed by atoms with Crippen LogP contribution in [0.3, 0.4) is 0 Å². The number of nitriles is 1. The molecule has 2 saturated heterocycles. The van der Waals surface area contributed by atoms with E-state index in [0.29, 0.717) is 27.7 Å². The summed E-state index contributed by atoms with van der Waals surface area (Å²) in [5, 5.41) is 16.5. The molecule has 14 heteroatoms. The first kappa shape index (κ1) is 28.8. The summed E-state index contributed by atoms with van der Waals surface area (Å²) in [6, 6.07) is 8.23. The molecule has 0 N–H and O–H groups in total. The van der Waals surface area contributed by atoms with Crippen LogP contribution in [0.1, 0.15) is 41.3 Å². The normalized spacial score (nSPS) is 19.9. The molecule has 0 spiro atoms. The van der Waals surface area contributed by atoms with Gasteiger partial charge in [0.2, 0.25) is 10.9 Å². The van der Waals surface area contributed by atoms with Gasteiger partial charge in [0.05, 0.1) is 37.4 Å². The molecule has 3 aromatic heterocycles. The highest BCUT2D eigenvalue weighted by Gasteiger charge is 2.43. The first-order chi connectivity index (χ1) is 21.2. The molecule has 7 rings (SSSR count). The Morgan fingerprint density at radius 1 is 1.18 bits per heavy atom. The maximum atomic E-state index is 13.5. The van der Waals surface area contributed by atoms with Gasteiger partial charge in [-0.3, -0.25) is 9.69 Å². The number of amides is 1. The lowest BCUT2D eigenvalue weighted by atomic mass is 10.1. The number of thiazole rings is 1. The summed E-state index contributed by atoms with van der Waals surface area (Å²) in [5.41, 5.74) is 3.30. The van der Waals surface area contributed by atoms with Gasteiger partial charge in [0.25, 0.3) is 0 Å². The van der Waals surface area contributed by atoms with Crippen LogP contribution in [0.4, 0.5) is 19.7 Å². The van der Waals surface area contributed by atoms with E-state index in [-0.39, 0.29) is 43.4 Å². The fourth-order valence-corrected chi connectivity index (χ4v) is 8.23. The van der Waals surface area contributed by atoms with Gasteiger partial charge in [-0.2, -0.15) is 14.9 Å². The molecular weight excluding hydrogens is 605 g/mol. The molecule has 228 valence electrons. The smallest absolute Gasteiger partial charge is 0.237 e. The van der Waals surface area contributed by atoms with Crippen molar-refractivity contribution in [3.63, 3.8) is 0 Å². The van der Waals surface area contributed by atoms with E-state index in [1.807, 2.05) is 30.4 Å². The van der Waals surface area contributed by atoms with Crippen LogP contribution in [0.5, 0.6) is 0 Å². The zero-order valence-corrected chi connectivity index (χ0v) is 26.2. The number of hydrogen-bond acceptors (Lipinski definition) is 10. The lowest BCUT2D eigenvalue weighted by molar-refractivity contribution is -0.140. The third kappa shape index (κ3) is 4.83. The van der Waals surface area contributed by atoms with Gasteiger partial charge in [-0.25, -0.2) is 18.7 Å². The van der Waals surface area contributed by atoms with E-state index in [9.17, 15) is 18.8 Å². The van der Waals surface area contributed by atoms with Crippen LogP contribution >= 0.6 is 22.7 Å².